The molecule has 0 aromatic rings. The number of ketones is 1. The van der Waals surface area contributed by atoms with Crippen molar-refractivity contribution in [2.45, 2.75) is 66.0 Å². The summed E-state index contributed by atoms with van der Waals surface area (Å²) >= 11 is 0. The third kappa shape index (κ3) is 6.82. The highest BCUT2D eigenvalue weighted by Crippen LogP contribution is 2.20. The predicted octanol–water partition coefficient (Wildman–Crippen LogP) is 1.84. The Morgan fingerprint density at radius 3 is 2.00 bits per heavy atom. The number of Topliss-reactive ketones (excluding diaryl/α,β-unsaturated/α-hetero) is 1. The first-order valence-electron chi connectivity index (χ1n) is 11.1. The molecule has 2 aliphatic rings. The molecule has 2 aliphatic heterocycles. The Kier molecular flexibility index (Phi) is 8.46. The maximum Gasteiger partial charge on any atom is 0.242 e. The molecule has 6 nitrogen and oxygen atoms in total. The number of nitrogens with one attached hydrogen (secondary N) is 1. The van der Waals surface area contributed by atoms with Gasteiger partial charge < -0.3 is 10.2 Å². The van der Waals surface area contributed by atoms with Gasteiger partial charge in [-0.15, -0.1) is 0 Å². The van der Waals surface area contributed by atoms with Crippen LogP contribution in [0.4, 0.5) is 0 Å². The predicted molar refractivity (Wildman–Crippen MR) is 114 cm³/mol. The fourth-order valence-electron chi connectivity index (χ4n) is 4.41. The van der Waals surface area contributed by atoms with Crippen molar-refractivity contribution in [1.29, 1.82) is 0 Å². The van der Waals surface area contributed by atoms with Gasteiger partial charge in [-0.2, -0.15) is 0 Å². The molecule has 0 radical (unpaired) electrons. The largest absolute Gasteiger partial charge is 0.339 e. The van der Waals surface area contributed by atoms with Crippen molar-refractivity contribution in [2.24, 2.45) is 11.8 Å². The molecule has 0 bridgehead atoms. The van der Waals surface area contributed by atoms with Gasteiger partial charge in [0.05, 0.1) is 12.1 Å². The average Bonchev–Trinajstić information content (AvgIpc) is 2.62. The van der Waals surface area contributed by atoms with Crippen LogP contribution < -0.4 is 5.32 Å². The van der Waals surface area contributed by atoms with Crippen LogP contribution in [0.5, 0.6) is 0 Å². The fraction of sp³-hybridized carbons (Fsp3) is 0.909. The van der Waals surface area contributed by atoms with E-state index in [4.69, 9.17) is 0 Å². The summed E-state index contributed by atoms with van der Waals surface area (Å²) in [6.45, 7) is 19.5. The zero-order valence-electron chi connectivity index (χ0n) is 19.0. The fourth-order valence-corrected chi connectivity index (χ4v) is 4.41. The molecule has 0 aliphatic carbocycles. The summed E-state index contributed by atoms with van der Waals surface area (Å²) in [6.07, 6.45) is 2.35. The lowest BCUT2D eigenvalue weighted by molar-refractivity contribution is -0.139. The van der Waals surface area contributed by atoms with Gasteiger partial charge in [0.15, 0.2) is 0 Å². The van der Waals surface area contributed by atoms with Crippen LogP contribution in [0.1, 0.15) is 54.4 Å². The molecule has 28 heavy (non-hydrogen) atoms. The highest BCUT2D eigenvalue weighted by Gasteiger charge is 2.34. The molecule has 2 rings (SSSR count). The number of hydrogen-bond donors (Lipinski definition) is 1. The molecule has 162 valence electrons. The van der Waals surface area contributed by atoms with Gasteiger partial charge >= 0.3 is 0 Å². The second-order valence-electron chi connectivity index (χ2n) is 9.86. The Hall–Kier alpha value is -0.980. The summed E-state index contributed by atoms with van der Waals surface area (Å²) in [5.74, 6) is 1.42. The minimum Gasteiger partial charge on any atom is -0.339 e. The molecule has 0 aromatic carbocycles. The van der Waals surface area contributed by atoms with Crippen LogP contribution in [0.25, 0.3) is 0 Å². The number of amides is 1. The molecule has 2 saturated heterocycles. The lowest BCUT2D eigenvalue weighted by atomic mass is 9.95. The Balaban J connectivity index is 1.71. The van der Waals surface area contributed by atoms with E-state index in [1.165, 1.54) is 12.8 Å². The first-order valence-corrected chi connectivity index (χ1v) is 11.1. The smallest absolute Gasteiger partial charge is 0.242 e. The first-order chi connectivity index (χ1) is 13.1. The van der Waals surface area contributed by atoms with Crippen molar-refractivity contribution in [2.75, 3.05) is 52.4 Å². The van der Waals surface area contributed by atoms with Gasteiger partial charge in [0.1, 0.15) is 5.78 Å². The SMILES string of the molecule is CC(C)NC(C)(C)C(=O)N1CCN(CC2CCN(CC(=O)C(C)C)CC2)CC1. The van der Waals surface area contributed by atoms with Crippen LogP contribution in [0, 0.1) is 11.8 Å². The second-order valence-corrected chi connectivity index (χ2v) is 9.86. The molecular weight excluding hydrogens is 352 g/mol. The molecular formula is C22H42N4O2. The molecule has 2 heterocycles. The number of piperidine rings is 1. The lowest BCUT2D eigenvalue weighted by Gasteiger charge is -2.41. The van der Waals surface area contributed by atoms with Crippen LogP contribution in [-0.4, -0.2) is 90.3 Å². The number of likely N-dealkylation sites (tertiary alicyclic amines) is 1. The molecule has 0 aromatic heterocycles. The van der Waals surface area contributed by atoms with Gasteiger partial charge in [0, 0.05) is 44.7 Å². The highest BCUT2D eigenvalue weighted by molar-refractivity contribution is 5.85. The summed E-state index contributed by atoms with van der Waals surface area (Å²) < 4.78 is 0. The van der Waals surface area contributed by atoms with Crippen molar-refractivity contribution >= 4 is 11.7 Å². The number of piperazine rings is 1. The molecule has 0 atom stereocenters. The van der Waals surface area contributed by atoms with E-state index >= 15 is 0 Å². The van der Waals surface area contributed by atoms with E-state index in [0.717, 1.165) is 45.8 Å². The van der Waals surface area contributed by atoms with Gasteiger partial charge in [-0.25, -0.2) is 0 Å². The summed E-state index contributed by atoms with van der Waals surface area (Å²) in [7, 11) is 0. The molecule has 0 unspecified atom stereocenters. The number of hydrogen-bond acceptors (Lipinski definition) is 5. The second kappa shape index (κ2) is 10.2. The van der Waals surface area contributed by atoms with E-state index in [-0.39, 0.29) is 11.8 Å². The van der Waals surface area contributed by atoms with Crippen molar-refractivity contribution < 1.29 is 9.59 Å². The molecule has 0 saturated carbocycles. The Bertz CT molecular complexity index is 517. The number of carbonyl (C=O) groups excluding carboxylic acids is 2. The average molecular weight is 395 g/mol. The molecule has 2 fully saturated rings. The van der Waals surface area contributed by atoms with Gasteiger partial charge in [-0.05, 0) is 59.5 Å². The first kappa shape index (κ1) is 23.3. The summed E-state index contributed by atoms with van der Waals surface area (Å²) in [6, 6.07) is 0.293. The lowest BCUT2D eigenvalue weighted by Crippen LogP contribution is -2.60. The van der Waals surface area contributed by atoms with Gasteiger partial charge in [-0.3, -0.25) is 19.4 Å². The quantitative estimate of drug-likeness (QED) is 0.681. The third-order valence-corrected chi connectivity index (χ3v) is 6.09. The van der Waals surface area contributed by atoms with Crippen LogP contribution in [0.2, 0.25) is 0 Å². The third-order valence-electron chi connectivity index (χ3n) is 6.09. The van der Waals surface area contributed by atoms with Crippen molar-refractivity contribution in [1.82, 2.24) is 20.0 Å². The minimum absolute atomic E-state index is 0.137. The Morgan fingerprint density at radius 2 is 1.50 bits per heavy atom. The maximum atomic E-state index is 12.8. The zero-order valence-corrected chi connectivity index (χ0v) is 19.0. The van der Waals surface area contributed by atoms with Crippen LogP contribution in [-0.2, 0) is 9.59 Å². The van der Waals surface area contributed by atoms with Crippen molar-refractivity contribution in [3.05, 3.63) is 0 Å². The van der Waals surface area contributed by atoms with Gasteiger partial charge in [-0.1, -0.05) is 13.8 Å². The standard InChI is InChI=1S/C22H42N4O2/c1-17(2)20(27)16-24-9-7-19(8-10-24)15-25-11-13-26(14-12-25)21(28)22(5,6)23-18(3)4/h17-19,23H,7-16H2,1-6H3. The monoisotopic (exact) mass is 394 g/mol. The summed E-state index contributed by atoms with van der Waals surface area (Å²) in [5, 5.41) is 3.38. The minimum atomic E-state index is -0.503. The molecule has 6 heteroatoms. The van der Waals surface area contributed by atoms with E-state index in [1.54, 1.807) is 0 Å². The van der Waals surface area contributed by atoms with Crippen LogP contribution in [0.15, 0.2) is 0 Å². The van der Waals surface area contributed by atoms with E-state index in [1.807, 2.05) is 32.6 Å². The van der Waals surface area contributed by atoms with Crippen LogP contribution >= 0.6 is 0 Å². The molecule has 1 amide bonds. The Morgan fingerprint density at radius 1 is 0.929 bits per heavy atom. The maximum absolute atomic E-state index is 12.8. The van der Waals surface area contributed by atoms with E-state index in [9.17, 15) is 9.59 Å². The normalized spacial score (nSPS) is 20.9. The van der Waals surface area contributed by atoms with E-state index in [0.29, 0.717) is 24.3 Å². The number of nitrogens with zero attached hydrogens (tertiary/aromatic N) is 3. The van der Waals surface area contributed by atoms with Crippen molar-refractivity contribution in [3.8, 4) is 0 Å². The topological polar surface area (TPSA) is 55.9 Å². The summed E-state index contributed by atoms with van der Waals surface area (Å²) in [5.41, 5.74) is -0.503. The summed E-state index contributed by atoms with van der Waals surface area (Å²) in [4.78, 5) is 31.6. The van der Waals surface area contributed by atoms with Crippen LogP contribution in [0.3, 0.4) is 0 Å². The number of rotatable bonds is 8. The number of carbonyl (C=O) groups is 2. The molecule has 1 N–H and O–H groups in total. The molecule has 0 spiro atoms. The van der Waals surface area contributed by atoms with E-state index in [2.05, 4.69) is 29.0 Å². The van der Waals surface area contributed by atoms with Crippen molar-refractivity contribution in [3.63, 3.8) is 0 Å². The highest BCUT2D eigenvalue weighted by atomic mass is 16.2. The zero-order chi connectivity index (χ0) is 20.9. The van der Waals surface area contributed by atoms with E-state index < -0.39 is 5.54 Å². The Labute approximate surface area is 172 Å². The van der Waals surface area contributed by atoms with Gasteiger partial charge in [0.2, 0.25) is 5.91 Å². The van der Waals surface area contributed by atoms with Gasteiger partial charge in [0.25, 0.3) is 0 Å².